The molecule has 1 aliphatic rings. The summed E-state index contributed by atoms with van der Waals surface area (Å²) in [6, 6.07) is 16.8. The van der Waals surface area contributed by atoms with Crippen molar-refractivity contribution in [1.82, 2.24) is 0 Å². The monoisotopic (exact) mass is 574 g/mol. The van der Waals surface area contributed by atoms with E-state index in [2.05, 4.69) is 5.16 Å². The van der Waals surface area contributed by atoms with Gasteiger partial charge in [-0.3, -0.25) is 4.79 Å². The summed E-state index contributed by atoms with van der Waals surface area (Å²) in [5, 5.41) is 4.41. The van der Waals surface area contributed by atoms with Crippen molar-refractivity contribution in [3.63, 3.8) is 0 Å². The van der Waals surface area contributed by atoms with Gasteiger partial charge in [-0.05, 0) is 86.8 Å². The Labute approximate surface area is 242 Å². The fourth-order valence-electron chi connectivity index (χ4n) is 4.94. The van der Waals surface area contributed by atoms with E-state index in [0.29, 0.717) is 64.6 Å². The number of unbranched alkanes of at least 4 members (excludes halogenated alkanes) is 2. The Kier molecular flexibility index (Phi) is 8.71. The second-order valence-electron chi connectivity index (χ2n) is 9.56. The number of benzene rings is 3. The molecule has 2 heterocycles. The van der Waals surface area contributed by atoms with E-state index in [1.54, 1.807) is 55.3 Å². The minimum atomic E-state index is -0.473. The van der Waals surface area contributed by atoms with Gasteiger partial charge in [-0.1, -0.05) is 5.16 Å². The predicted octanol–water partition coefficient (Wildman–Crippen LogP) is 6.37. The Hall–Kier alpha value is -4.86. The van der Waals surface area contributed by atoms with Crippen LogP contribution in [0.5, 0.6) is 11.5 Å². The molecule has 1 aromatic heterocycles. The third-order valence-corrected chi connectivity index (χ3v) is 6.92. The predicted molar refractivity (Wildman–Crippen MR) is 156 cm³/mol. The van der Waals surface area contributed by atoms with Crippen LogP contribution in [0.25, 0.3) is 22.3 Å². The largest absolute Gasteiger partial charge is 0.497 e. The van der Waals surface area contributed by atoms with E-state index in [0.717, 1.165) is 18.4 Å². The maximum absolute atomic E-state index is 13.8. The van der Waals surface area contributed by atoms with Crippen LogP contribution in [0.15, 0.2) is 70.2 Å². The number of esters is 1. The third kappa shape index (κ3) is 5.79. The molecule has 9 nitrogen and oxygen atoms in total. The summed E-state index contributed by atoms with van der Waals surface area (Å²) in [7, 11) is 2.94. The van der Waals surface area contributed by atoms with Gasteiger partial charge in [0.2, 0.25) is 0 Å². The van der Waals surface area contributed by atoms with Crippen molar-refractivity contribution < 1.29 is 37.4 Å². The van der Waals surface area contributed by atoms with E-state index in [1.807, 2.05) is 12.1 Å². The van der Waals surface area contributed by atoms with E-state index in [9.17, 15) is 14.0 Å². The molecule has 0 atom stereocenters. The number of anilines is 1. The second kappa shape index (κ2) is 12.8. The number of hydrogen-bond donors (Lipinski definition) is 0. The van der Waals surface area contributed by atoms with Crippen molar-refractivity contribution in [3.8, 4) is 22.8 Å². The smallest absolute Gasteiger partial charge is 0.342 e. The lowest BCUT2D eigenvalue weighted by Crippen LogP contribution is -2.31. The number of nitrogens with zero attached hydrogens (tertiary/aromatic N) is 2. The zero-order chi connectivity index (χ0) is 29.6. The summed E-state index contributed by atoms with van der Waals surface area (Å²) in [6.45, 7) is 2.88. The second-order valence-corrected chi connectivity index (χ2v) is 9.56. The fourth-order valence-corrected chi connectivity index (χ4v) is 4.94. The molecule has 0 radical (unpaired) electrons. The van der Waals surface area contributed by atoms with Gasteiger partial charge in [0.25, 0.3) is 5.91 Å². The average Bonchev–Trinajstić information content (AvgIpc) is 3.50. The molecule has 0 aliphatic carbocycles. The Morgan fingerprint density at radius 1 is 0.976 bits per heavy atom. The molecule has 218 valence electrons. The lowest BCUT2D eigenvalue weighted by Gasteiger charge is -2.16. The first-order valence-corrected chi connectivity index (χ1v) is 13.7. The van der Waals surface area contributed by atoms with Crippen LogP contribution < -0.4 is 14.4 Å². The van der Waals surface area contributed by atoms with Crippen molar-refractivity contribution in [2.24, 2.45) is 5.16 Å². The van der Waals surface area contributed by atoms with Gasteiger partial charge in [0.15, 0.2) is 5.71 Å². The molecule has 0 saturated heterocycles. The van der Waals surface area contributed by atoms with Crippen LogP contribution in [-0.4, -0.2) is 51.6 Å². The molecule has 0 fully saturated rings. The van der Waals surface area contributed by atoms with Gasteiger partial charge >= 0.3 is 5.97 Å². The van der Waals surface area contributed by atoms with E-state index in [-0.39, 0.29) is 18.2 Å². The van der Waals surface area contributed by atoms with Crippen molar-refractivity contribution >= 4 is 34.2 Å². The molecule has 0 unspecified atom stereocenters. The van der Waals surface area contributed by atoms with Crippen molar-refractivity contribution in [1.29, 1.82) is 0 Å². The number of carbonyl (C=O) groups excluding carboxylic acids is 2. The Bertz CT molecular complexity index is 1630. The molecule has 42 heavy (non-hydrogen) atoms. The van der Waals surface area contributed by atoms with Crippen molar-refractivity contribution in [2.45, 2.75) is 26.2 Å². The average molecular weight is 575 g/mol. The molecule has 0 N–H and O–H groups in total. The van der Waals surface area contributed by atoms with Gasteiger partial charge in [0.05, 0.1) is 26.0 Å². The maximum atomic E-state index is 13.8. The first-order valence-electron chi connectivity index (χ1n) is 13.7. The number of oxime groups is 1. The Balaban J connectivity index is 1.22. The van der Waals surface area contributed by atoms with Crippen LogP contribution in [0.1, 0.15) is 42.1 Å². The first kappa shape index (κ1) is 28.7. The van der Waals surface area contributed by atoms with Crippen LogP contribution in [0, 0.1) is 5.82 Å². The SMILES string of the molecule is CCOC(=O)c1c(-c2ccc(OC)cc2)oc2ccc(OCCCCCN3C(=O)/C(=N\OC)c4cc(F)ccc43)cc12. The molecule has 4 aromatic rings. The van der Waals surface area contributed by atoms with Crippen LogP contribution >= 0.6 is 0 Å². The number of halogens is 1. The number of ether oxygens (including phenoxy) is 3. The molecule has 1 amide bonds. The van der Waals surface area contributed by atoms with Crippen molar-refractivity contribution in [3.05, 3.63) is 77.6 Å². The third-order valence-electron chi connectivity index (χ3n) is 6.92. The topological polar surface area (TPSA) is 99.8 Å². The summed E-state index contributed by atoms with van der Waals surface area (Å²) < 4.78 is 36.4. The van der Waals surface area contributed by atoms with E-state index in [4.69, 9.17) is 23.5 Å². The Morgan fingerprint density at radius 2 is 1.76 bits per heavy atom. The molecule has 10 heteroatoms. The lowest BCUT2D eigenvalue weighted by molar-refractivity contribution is -0.112. The summed E-state index contributed by atoms with van der Waals surface area (Å²) in [6.07, 6.45) is 2.24. The minimum absolute atomic E-state index is 0.0994. The normalized spacial score (nSPS) is 13.5. The van der Waals surface area contributed by atoms with Gasteiger partial charge < -0.3 is 28.4 Å². The molecule has 0 bridgehead atoms. The highest BCUT2D eigenvalue weighted by Crippen LogP contribution is 2.37. The highest BCUT2D eigenvalue weighted by atomic mass is 19.1. The van der Waals surface area contributed by atoms with Crippen molar-refractivity contribution in [2.75, 3.05) is 38.9 Å². The molecule has 3 aromatic carbocycles. The molecular formula is C32H31FN2O7. The summed E-state index contributed by atoms with van der Waals surface area (Å²) in [5.74, 6) is 0.487. The van der Waals surface area contributed by atoms with Crippen LogP contribution in [0.3, 0.4) is 0 Å². The number of carbonyl (C=O) groups is 2. The van der Waals surface area contributed by atoms with E-state index in [1.165, 1.54) is 19.2 Å². The molecule has 0 spiro atoms. The van der Waals surface area contributed by atoms with Crippen LogP contribution in [0.2, 0.25) is 0 Å². The minimum Gasteiger partial charge on any atom is -0.497 e. The Morgan fingerprint density at radius 3 is 2.50 bits per heavy atom. The van der Waals surface area contributed by atoms with Gasteiger partial charge in [0.1, 0.15) is 41.3 Å². The van der Waals surface area contributed by atoms with Gasteiger partial charge in [-0.25, -0.2) is 9.18 Å². The number of methoxy groups -OCH3 is 1. The summed E-state index contributed by atoms with van der Waals surface area (Å²) >= 11 is 0. The van der Waals surface area contributed by atoms with E-state index >= 15 is 0 Å². The summed E-state index contributed by atoms with van der Waals surface area (Å²) in [5.41, 5.74) is 2.76. The highest BCUT2D eigenvalue weighted by molar-refractivity contribution is 6.54. The summed E-state index contributed by atoms with van der Waals surface area (Å²) in [4.78, 5) is 32.2. The number of furan rings is 1. The van der Waals surface area contributed by atoms with Gasteiger partial charge in [0, 0.05) is 23.1 Å². The van der Waals surface area contributed by atoms with Crippen LogP contribution in [-0.2, 0) is 14.4 Å². The first-order chi connectivity index (χ1) is 20.4. The zero-order valence-electron chi connectivity index (χ0n) is 23.6. The quantitative estimate of drug-likeness (QED) is 0.110. The van der Waals surface area contributed by atoms with Gasteiger partial charge in [-0.15, -0.1) is 0 Å². The molecule has 0 saturated carbocycles. The van der Waals surface area contributed by atoms with Crippen LogP contribution in [0.4, 0.5) is 10.1 Å². The molecule has 5 rings (SSSR count). The van der Waals surface area contributed by atoms with E-state index < -0.39 is 11.8 Å². The van der Waals surface area contributed by atoms with Gasteiger partial charge in [-0.2, -0.15) is 0 Å². The fraction of sp³-hybridized carbons (Fsp3) is 0.281. The molecular weight excluding hydrogens is 543 g/mol. The number of fused-ring (bicyclic) bond motifs is 2. The lowest BCUT2D eigenvalue weighted by atomic mass is 10.1. The number of amides is 1. The highest BCUT2D eigenvalue weighted by Gasteiger charge is 2.34. The molecule has 1 aliphatic heterocycles. The standard InChI is InChI=1S/C32H31FN2O7/c1-4-40-32(37)28-25-19-23(13-15-27(25)42-30(28)20-8-11-22(38-2)12-9-20)41-17-7-5-6-16-35-26-14-10-21(33)18-24(26)29(31(35)36)34-39-3/h8-15,18-19H,4-7,16-17H2,1-3H3/b34-29-. The maximum Gasteiger partial charge on any atom is 0.342 e. The zero-order valence-corrected chi connectivity index (χ0v) is 23.6. The number of hydrogen-bond acceptors (Lipinski definition) is 8. The number of rotatable bonds is 12.